The molecule has 1 aromatic rings. The SMILES string of the molecule is CCO/C([O-])=C1\C(C)=CC=C1c1ccccc1. The summed E-state index contributed by atoms with van der Waals surface area (Å²) in [4.78, 5) is 0. The van der Waals surface area contributed by atoms with Gasteiger partial charge in [0, 0.05) is 5.57 Å². The summed E-state index contributed by atoms with van der Waals surface area (Å²) in [6.07, 6.45) is 3.92. The van der Waals surface area contributed by atoms with Gasteiger partial charge in [0.05, 0.1) is 5.95 Å². The van der Waals surface area contributed by atoms with E-state index in [1.807, 2.05) is 56.3 Å². The van der Waals surface area contributed by atoms with Crippen molar-refractivity contribution in [2.24, 2.45) is 0 Å². The van der Waals surface area contributed by atoms with Gasteiger partial charge in [-0.3, -0.25) is 0 Å². The standard InChI is InChI=1S/C15H16O2/c1-3-17-15(16)14-11(2)9-10-13(14)12-7-5-4-6-8-12/h4-10,16H,3H2,1-2H3/p-1/b15-14+. The zero-order valence-corrected chi connectivity index (χ0v) is 10.1. The van der Waals surface area contributed by atoms with Crippen LogP contribution in [0.1, 0.15) is 19.4 Å². The minimum absolute atomic E-state index is 0.242. The van der Waals surface area contributed by atoms with Gasteiger partial charge in [-0.15, -0.1) is 0 Å². The van der Waals surface area contributed by atoms with E-state index < -0.39 is 0 Å². The Labute approximate surface area is 102 Å². The average Bonchev–Trinajstić information content (AvgIpc) is 2.73. The third kappa shape index (κ3) is 2.26. The number of rotatable bonds is 3. The molecule has 0 radical (unpaired) electrons. The predicted octanol–water partition coefficient (Wildman–Crippen LogP) is 2.64. The van der Waals surface area contributed by atoms with E-state index in [-0.39, 0.29) is 5.95 Å². The molecule has 1 aliphatic rings. The first kappa shape index (κ1) is 11.5. The van der Waals surface area contributed by atoms with Crippen molar-refractivity contribution in [2.45, 2.75) is 13.8 Å². The monoisotopic (exact) mass is 227 g/mol. The molecule has 0 atom stereocenters. The zero-order chi connectivity index (χ0) is 12.3. The zero-order valence-electron chi connectivity index (χ0n) is 10.1. The quantitative estimate of drug-likeness (QED) is 0.743. The maximum atomic E-state index is 11.9. The van der Waals surface area contributed by atoms with Crippen LogP contribution in [0.5, 0.6) is 0 Å². The van der Waals surface area contributed by atoms with E-state index in [9.17, 15) is 5.11 Å². The Balaban J connectivity index is 2.41. The van der Waals surface area contributed by atoms with E-state index in [0.717, 1.165) is 16.7 Å². The first-order valence-electron chi connectivity index (χ1n) is 5.73. The summed E-state index contributed by atoms with van der Waals surface area (Å²) in [5.74, 6) is -0.242. The molecule has 0 saturated carbocycles. The Hall–Kier alpha value is -1.96. The summed E-state index contributed by atoms with van der Waals surface area (Å²) in [5.41, 5.74) is 3.63. The fourth-order valence-corrected chi connectivity index (χ4v) is 1.92. The first-order valence-corrected chi connectivity index (χ1v) is 5.73. The van der Waals surface area contributed by atoms with Crippen LogP contribution in [-0.4, -0.2) is 6.61 Å². The van der Waals surface area contributed by atoms with Crippen LogP contribution in [0, 0.1) is 0 Å². The van der Waals surface area contributed by atoms with Gasteiger partial charge in [0.15, 0.2) is 0 Å². The van der Waals surface area contributed by atoms with Crippen LogP contribution >= 0.6 is 0 Å². The second-order valence-corrected chi connectivity index (χ2v) is 3.89. The molecule has 0 amide bonds. The highest BCUT2D eigenvalue weighted by Gasteiger charge is 2.15. The maximum Gasteiger partial charge on any atom is 0.0596 e. The van der Waals surface area contributed by atoms with Gasteiger partial charge in [-0.25, -0.2) is 0 Å². The predicted molar refractivity (Wildman–Crippen MR) is 66.8 cm³/mol. The Morgan fingerprint density at radius 1 is 1.18 bits per heavy atom. The molecule has 88 valence electrons. The smallest absolute Gasteiger partial charge is 0.0596 e. The Bertz CT molecular complexity index is 493. The van der Waals surface area contributed by atoms with Crippen LogP contribution in [0.4, 0.5) is 0 Å². The van der Waals surface area contributed by atoms with Gasteiger partial charge in [-0.2, -0.15) is 0 Å². The minimum atomic E-state index is -0.242. The topological polar surface area (TPSA) is 32.3 Å². The molecule has 0 bridgehead atoms. The van der Waals surface area contributed by atoms with Crippen LogP contribution in [0.15, 0.2) is 59.6 Å². The van der Waals surface area contributed by atoms with Crippen molar-refractivity contribution in [1.82, 2.24) is 0 Å². The molecule has 1 aliphatic carbocycles. The van der Waals surface area contributed by atoms with Crippen molar-refractivity contribution in [3.8, 4) is 0 Å². The highest BCUT2D eigenvalue weighted by atomic mass is 16.6. The lowest BCUT2D eigenvalue weighted by Gasteiger charge is -2.19. The number of allylic oxidation sites excluding steroid dienone is 5. The number of benzene rings is 1. The normalized spacial score (nSPS) is 17.5. The van der Waals surface area contributed by atoms with Gasteiger partial charge in [0.2, 0.25) is 0 Å². The van der Waals surface area contributed by atoms with Crippen molar-refractivity contribution in [2.75, 3.05) is 6.61 Å². The maximum absolute atomic E-state index is 11.9. The summed E-state index contributed by atoms with van der Waals surface area (Å²) in [5, 5.41) is 11.9. The molecule has 0 saturated heterocycles. The van der Waals surface area contributed by atoms with Gasteiger partial charge in [0.1, 0.15) is 0 Å². The fourth-order valence-electron chi connectivity index (χ4n) is 1.92. The average molecular weight is 227 g/mol. The second-order valence-electron chi connectivity index (χ2n) is 3.89. The van der Waals surface area contributed by atoms with E-state index in [0.29, 0.717) is 12.2 Å². The molecule has 0 spiro atoms. The Kier molecular flexibility index (Phi) is 3.33. The van der Waals surface area contributed by atoms with Gasteiger partial charge < -0.3 is 9.84 Å². The molecular weight excluding hydrogens is 212 g/mol. The summed E-state index contributed by atoms with van der Waals surface area (Å²) >= 11 is 0. The van der Waals surface area contributed by atoms with Gasteiger partial charge in [0.25, 0.3) is 0 Å². The van der Waals surface area contributed by atoms with Crippen LogP contribution in [0.2, 0.25) is 0 Å². The van der Waals surface area contributed by atoms with Crippen LogP contribution < -0.4 is 5.11 Å². The van der Waals surface area contributed by atoms with E-state index in [1.54, 1.807) is 0 Å². The minimum Gasteiger partial charge on any atom is -0.613 e. The van der Waals surface area contributed by atoms with E-state index in [2.05, 4.69) is 0 Å². The molecule has 2 heteroatoms. The van der Waals surface area contributed by atoms with Gasteiger partial charge in [-0.05, 0) is 30.2 Å². The molecule has 0 aromatic heterocycles. The van der Waals surface area contributed by atoms with Crippen molar-refractivity contribution >= 4 is 5.57 Å². The number of hydrogen-bond donors (Lipinski definition) is 0. The molecule has 17 heavy (non-hydrogen) atoms. The molecule has 2 nitrogen and oxygen atoms in total. The molecule has 0 fully saturated rings. The molecule has 0 aliphatic heterocycles. The Morgan fingerprint density at radius 3 is 2.53 bits per heavy atom. The highest BCUT2D eigenvalue weighted by molar-refractivity contribution is 5.88. The number of hydrogen-bond acceptors (Lipinski definition) is 2. The van der Waals surface area contributed by atoms with Crippen molar-refractivity contribution in [3.05, 3.63) is 65.1 Å². The first-order chi connectivity index (χ1) is 8.24. The molecule has 0 heterocycles. The lowest BCUT2D eigenvalue weighted by Crippen LogP contribution is -2.12. The summed E-state index contributed by atoms with van der Waals surface area (Å²) in [6.45, 7) is 4.15. The highest BCUT2D eigenvalue weighted by Crippen LogP contribution is 2.34. The van der Waals surface area contributed by atoms with Crippen LogP contribution in [0.25, 0.3) is 5.57 Å². The number of ether oxygens (including phenoxy) is 1. The lowest BCUT2D eigenvalue weighted by molar-refractivity contribution is -0.357. The van der Waals surface area contributed by atoms with E-state index in [4.69, 9.17) is 4.74 Å². The van der Waals surface area contributed by atoms with Gasteiger partial charge >= 0.3 is 0 Å². The molecule has 2 rings (SSSR count). The van der Waals surface area contributed by atoms with Crippen LogP contribution in [-0.2, 0) is 4.74 Å². The third-order valence-corrected chi connectivity index (χ3v) is 2.73. The van der Waals surface area contributed by atoms with Crippen molar-refractivity contribution in [3.63, 3.8) is 0 Å². The van der Waals surface area contributed by atoms with Crippen molar-refractivity contribution in [1.29, 1.82) is 0 Å². The molecule has 0 N–H and O–H groups in total. The van der Waals surface area contributed by atoms with Crippen LogP contribution in [0.3, 0.4) is 0 Å². The van der Waals surface area contributed by atoms with Crippen molar-refractivity contribution < 1.29 is 9.84 Å². The molecular formula is C15H15O2-. The fraction of sp³-hybridized carbons (Fsp3) is 0.200. The largest absolute Gasteiger partial charge is 0.613 e. The molecule has 1 aromatic carbocycles. The summed E-state index contributed by atoms with van der Waals surface area (Å²) in [6, 6.07) is 9.89. The van der Waals surface area contributed by atoms with E-state index in [1.165, 1.54) is 0 Å². The second kappa shape index (κ2) is 4.91. The lowest BCUT2D eigenvalue weighted by atomic mass is 9.98. The Morgan fingerprint density at radius 2 is 1.88 bits per heavy atom. The third-order valence-electron chi connectivity index (χ3n) is 2.73. The van der Waals surface area contributed by atoms with Gasteiger partial charge in [-0.1, -0.05) is 49.4 Å². The summed E-state index contributed by atoms with van der Waals surface area (Å²) in [7, 11) is 0. The summed E-state index contributed by atoms with van der Waals surface area (Å²) < 4.78 is 5.09. The molecule has 0 unspecified atom stereocenters. The van der Waals surface area contributed by atoms with E-state index >= 15 is 0 Å².